The summed E-state index contributed by atoms with van der Waals surface area (Å²) in [5.41, 5.74) is 0.885. The summed E-state index contributed by atoms with van der Waals surface area (Å²) in [5.74, 6) is -0.564. The van der Waals surface area contributed by atoms with Crippen molar-refractivity contribution in [3.63, 3.8) is 0 Å². The van der Waals surface area contributed by atoms with Crippen LogP contribution in [-0.2, 0) is 0 Å². The molecule has 21 heavy (non-hydrogen) atoms. The molecule has 2 saturated heterocycles. The van der Waals surface area contributed by atoms with E-state index in [0.717, 1.165) is 25.9 Å². The standard InChI is InChI=1S/C16H21FN2O2/c1-11-4-5-12(8-13(11)17)16(21)19-9-14(15(20)10-19)18-6-2-3-7-18/h4-5,8,14-15,20H,2-3,6-7,9-10H2,1H3/t14-,15-/m1/s1. The Morgan fingerprint density at radius 3 is 2.67 bits per heavy atom. The maximum atomic E-state index is 13.6. The van der Waals surface area contributed by atoms with Gasteiger partial charge >= 0.3 is 0 Å². The molecule has 1 N–H and O–H groups in total. The highest BCUT2D eigenvalue weighted by Gasteiger charge is 2.38. The normalized spacial score (nSPS) is 26.5. The molecule has 2 atom stereocenters. The number of likely N-dealkylation sites (tertiary alicyclic amines) is 2. The number of carbonyl (C=O) groups excluding carboxylic acids is 1. The first-order valence-corrected chi connectivity index (χ1v) is 7.54. The fourth-order valence-corrected chi connectivity index (χ4v) is 3.28. The van der Waals surface area contributed by atoms with Gasteiger partial charge in [0.05, 0.1) is 12.1 Å². The van der Waals surface area contributed by atoms with E-state index in [4.69, 9.17) is 0 Å². The molecule has 0 radical (unpaired) electrons. The van der Waals surface area contributed by atoms with Crippen molar-refractivity contribution in [3.8, 4) is 0 Å². The molecule has 2 aliphatic rings. The minimum absolute atomic E-state index is 0.0201. The zero-order valence-corrected chi connectivity index (χ0v) is 12.3. The molecule has 0 spiro atoms. The highest BCUT2D eigenvalue weighted by atomic mass is 19.1. The first-order chi connectivity index (χ1) is 10.1. The predicted octanol–water partition coefficient (Wildman–Crippen LogP) is 1.42. The molecule has 3 rings (SSSR count). The first-order valence-electron chi connectivity index (χ1n) is 7.54. The number of aryl methyl sites for hydroxylation is 1. The number of rotatable bonds is 2. The summed E-state index contributed by atoms with van der Waals surface area (Å²) in [6, 6.07) is 4.57. The number of benzene rings is 1. The third kappa shape index (κ3) is 2.80. The zero-order chi connectivity index (χ0) is 15.0. The van der Waals surface area contributed by atoms with Gasteiger partial charge in [-0.05, 0) is 50.6 Å². The van der Waals surface area contributed by atoms with E-state index < -0.39 is 6.10 Å². The van der Waals surface area contributed by atoms with Crippen molar-refractivity contribution >= 4 is 5.91 Å². The van der Waals surface area contributed by atoms with Crippen LogP contribution in [0.5, 0.6) is 0 Å². The van der Waals surface area contributed by atoms with Crippen LogP contribution in [0.2, 0.25) is 0 Å². The molecule has 4 nitrogen and oxygen atoms in total. The SMILES string of the molecule is Cc1ccc(C(=O)N2C[C@@H](O)[C@H](N3CCCC3)C2)cc1F. The second-order valence-corrected chi connectivity index (χ2v) is 6.05. The van der Waals surface area contributed by atoms with E-state index in [9.17, 15) is 14.3 Å². The summed E-state index contributed by atoms with van der Waals surface area (Å²) in [5, 5.41) is 10.2. The summed E-state index contributed by atoms with van der Waals surface area (Å²) in [7, 11) is 0. The fourth-order valence-electron chi connectivity index (χ4n) is 3.28. The number of nitrogens with zero attached hydrogens (tertiary/aromatic N) is 2. The van der Waals surface area contributed by atoms with Crippen molar-refractivity contribution in [1.82, 2.24) is 9.80 Å². The minimum atomic E-state index is -0.512. The number of hydrogen-bond acceptors (Lipinski definition) is 3. The van der Waals surface area contributed by atoms with Crippen LogP contribution in [0.1, 0.15) is 28.8 Å². The van der Waals surface area contributed by atoms with Gasteiger partial charge in [0.25, 0.3) is 5.91 Å². The van der Waals surface area contributed by atoms with Crippen molar-refractivity contribution in [2.45, 2.75) is 31.9 Å². The number of amides is 1. The lowest BCUT2D eigenvalue weighted by molar-refractivity contribution is 0.0762. The van der Waals surface area contributed by atoms with Crippen molar-refractivity contribution in [2.24, 2.45) is 0 Å². The maximum Gasteiger partial charge on any atom is 0.254 e. The van der Waals surface area contributed by atoms with Crippen LogP contribution in [0, 0.1) is 12.7 Å². The quantitative estimate of drug-likeness (QED) is 0.896. The smallest absolute Gasteiger partial charge is 0.254 e. The summed E-state index contributed by atoms with van der Waals surface area (Å²) in [6.45, 7) is 4.50. The second kappa shape index (κ2) is 5.73. The predicted molar refractivity (Wildman–Crippen MR) is 77.6 cm³/mol. The highest BCUT2D eigenvalue weighted by molar-refractivity contribution is 5.94. The van der Waals surface area contributed by atoms with Crippen molar-refractivity contribution in [1.29, 1.82) is 0 Å². The summed E-state index contributed by atoms with van der Waals surface area (Å²) in [4.78, 5) is 16.3. The summed E-state index contributed by atoms with van der Waals surface area (Å²) >= 11 is 0. The molecule has 1 aromatic carbocycles. The maximum absolute atomic E-state index is 13.6. The van der Waals surface area contributed by atoms with Gasteiger partial charge in [0, 0.05) is 18.7 Å². The van der Waals surface area contributed by atoms with Crippen LogP contribution in [0.15, 0.2) is 18.2 Å². The van der Waals surface area contributed by atoms with Crippen LogP contribution in [0.25, 0.3) is 0 Å². The molecule has 114 valence electrons. The van der Waals surface area contributed by atoms with E-state index in [1.54, 1.807) is 24.0 Å². The average Bonchev–Trinajstić information content (AvgIpc) is 3.10. The van der Waals surface area contributed by atoms with E-state index in [1.165, 1.54) is 6.07 Å². The zero-order valence-electron chi connectivity index (χ0n) is 12.3. The molecule has 0 aromatic heterocycles. The fraction of sp³-hybridized carbons (Fsp3) is 0.562. The molecule has 1 aromatic rings. The second-order valence-electron chi connectivity index (χ2n) is 6.05. The van der Waals surface area contributed by atoms with E-state index in [-0.39, 0.29) is 17.8 Å². The Hall–Kier alpha value is -1.46. The molecule has 5 heteroatoms. The molecule has 2 aliphatic heterocycles. The van der Waals surface area contributed by atoms with E-state index in [2.05, 4.69) is 4.90 Å². The third-order valence-corrected chi connectivity index (χ3v) is 4.57. The van der Waals surface area contributed by atoms with E-state index in [1.807, 2.05) is 0 Å². The Balaban J connectivity index is 1.72. The van der Waals surface area contributed by atoms with E-state index >= 15 is 0 Å². The van der Waals surface area contributed by atoms with Crippen LogP contribution < -0.4 is 0 Å². The topological polar surface area (TPSA) is 43.8 Å². The Morgan fingerprint density at radius 1 is 1.29 bits per heavy atom. The molecular weight excluding hydrogens is 271 g/mol. The largest absolute Gasteiger partial charge is 0.390 e. The highest BCUT2D eigenvalue weighted by Crippen LogP contribution is 2.22. The van der Waals surface area contributed by atoms with Gasteiger partial charge in [0.1, 0.15) is 5.82 Å². The minimum Gasteiger partial charge on any atom is -0.390 e. The van der Waals surface area contributed by atoms with Gasteiger partial charge < -0.3 is 10.0 Å². The summed E-state index contributed by atoms with van der Waals surface area (Å²) in [6.07, 6.45) is 1.79. The molecule has 0 bridgehead atoms. The molecular formula is C16H21FN2O2. The molecule has 2 heterocycles. The Bertz CT molecular complexity index is 543. The lowest BCUT2D eigenvalue weighted by Crippen LogP contribution is -2.41. The van der Waals surface area contributed by atoms with Gasteiger partial charge in [-0.25, -0.2) is 4.39 Å². The molecule has 0 aliphatic carbocycles. The number of halogens is 1. The van der Waals surface area contributed by atoms with Gasteiger partial charge in [0.2, 0.25) is 0 Å². The summed E-state index contributed by atoms with van der Waals surface area (Å²) < 4.78 is 13.6. The van der Waals surface area contributed by atoms with Gasteiger partial charge in [-0.3, -0.25) is 9.69 Å². The number of hydrogen-bond donors (Lipinski definition) is 1. The number of aliphatic hydroxyl groups excluding tert-OH is 1. The van der Waals surface area contributed by atoms with Gasteiger partial charge in [-0.2, -0.15) is 0 Å². The van der Waals surface area contributed by atoms with Crippen molar-refractivity contribution in [3.05, 3.63) is 35.1 Å². The lowest BCUT2D eigenvalue weighted by atomic mass is 10.1. The van der Waals surface area contributed by atoms with E-state index in [0.29, 0.717) is 24.2 Å². The van der Waals surface area contributed by atoms with Crippen LogP contribution in [0.3, 0.4) is 0 Å². The molecule has 0 saturated carbocycles. The van der Waals surface area contributed by atoms with Gasteiger partial charge in [-0.15, -0.1) is 0 Å². The van der Waals surface area contributed by atoms with Crippen LogP contribution in [0.4, 0.5) is 4.39 Å². The van der Waals surface area contributed by atoms with Crippen LogP contribution in [-0.4, -0.2) is 59.1 Å². The Labute approximate surface area is 124 Å². The van der Waals surface area contributed by atoms with Gasteiger partial charge in [-0.1, -0.05) is 6.07 Å². The molecule has 0 unspecified atom stereocenters. The number of aliphatic hydroxyl groups is 1. The third-order valence-electron chi connectivity index (χ3n) is 4.57. The Kier molecular flexibility index (Phi) is 3.95. The molecule has 1 amide bonds. The lowest BCUT2D eigenvalue weighted by Gasteiger charge is -2.25. The van der Waals surface area contributed by atoms with Crippen molar-refractivity contribution in [2.75, 3.05) is 26.2 Å². The first kappa shape index (κ1) is 14.5. The van der Waals surface area contributed by atoms with Crippen LogP contribution >= 0.6 is 0 Å². The van der Waals surface area contributed by atoms with Crippen molar-refractivity contribution < 1.29 is 14.3 Å². The monoisotopic (exact) mass is 292 g/mol. The Morgan fingerprint density at radius 2 is 2.00 bits per heavy atom. The number of β-amino-alcohol motifs (C(OH)–C–C–N with tert-alkyl or cyclic N) is 1. The molecule has 2 fully saturated rings. The average molecular weight is 292 g/mol. The van der Waals surface area contributed by atoms with Gasteiger partial charge in [0.15, 0.2) is 0 Å². The number of carbonyl (C=O) groups is 1.